The zero-order valence-corrected chi connectivity index (χ0v) is 5.54. The van der Waals surface area contributed by atoms with E-state index >= 15 is 0 Å². The summed E-state index contributed by atoms with van der Waals surface area (Å²) in [5, 5.41) is 7.64. The van der Waals surface area contributed by atoms with Crippen molar-refractivity contribution in [1.82, 2.24) is 5.16 Å². The molecule has 0 aliphatic rings. The summed E-state index contributed by atoms with van der Waals surface area (Å²) in [6.07, 6.45) is 1.17. The first-order valence-electron chi connectivity index (χ1n) is 2.20. The van der Waals surface area contributed by atoms with Gasteiger partial charge in [-0.3, -0.25) is 0 Å². The van der Waals surface area contributed by atoms with Crippen molar-refractivity contribution in [1.29, 1.82) is 0 Å². The molecule has 0 aromatic carbocycles. The molecule has 0 bridgehead atoms. The van der Waals surface area contributed by atoms with Crippen LogP contribution in [0.5, 0.6) is 5.88 Å². The van der Waals surface area contributed by atoms with Crippen LogP contribution in [0.25, 0.3) is 0 Å². The van der Waals surface area contributed by atoms with Crippen molar-refractivity contribution in [2.75, 3.05) is 0 Å². The molecule has 0 aliphatic heterocycles. The quantitative estimate of drug-likeness (QED) is 0.620. The van der Waals surface area contributed by atoms with E-state index in [9.17, 15) is 8.42 Å². The highest BCUT2D eigenvalue weighted by Crippen LogP contribution is 2.05. The number of rotatable bonds is 2. The summed E-state index contributed by atoms with van der Waals surface area (Å²) in [6.45, 7) is 0. The first-order chi connectivity index (χ1) is 4.58. The fraction of sp³-hybridized carbons (Fsp3) is 0. The minimum absolute atomic E-state index is 0.178. The molecule has 10 heavy (non-hydrogen) atoms. The average Bonchev–Trinajstić information content (AvgIpc) is 2.12. The van der Waals surface area contributed by atoms with Crippen LogP contribution in [0.15, 0.2) is 16.9 Å². The molecule has 0 saturated carbocycles. The Morgan fingerprint density at radius 2 is 2.40 bits per heavy atom. The van der Waals surface area contributed by atoms with Gasteiger partial charge in [0.1, 0.15) is 6.26 Å². The third-order valence-electron chi connectivity index (χ3n) is 0.616. The molecule has 0 unspecified atom stereocenters. The van der Waals surface area contributed by atoms with Gasteiger partial charge in [0, 0.05) is 6.07 Å². The molecule has 0 radical (unpaired) electrons. The second-order valence-corrected chi connectivity index (χ2v) is 2.57. The van der Waals surface area contributed by atoms with Crippen LogP contribution >= 0.6 is 0 Å². The van der Waals surface area contributed by atoms with Crippen molar-refractivity contribution in [3.63, 3.8) is 0 Å². The second kappa shape index (κ2) is 2.27. The fourth-order valence-corrected chi connectivity index (χ4v) is 0.687. The van der Waals surface area contributed by atoms with Gasteiger partial charge in [0.15, 0.2) is 0 Å². The lowest BCUT2D eigenvalue weighted by atomic mass is 10.7. The molecule has 1 rings (SSSR count). The minimum atomic E-state index is -3.97. The summed E-state index contributed by atoms with van der Waals surface area (Å²) in [7, 11) is -3.97. The molecule has 7 heteroatoms. The number of hydrogen-bond acceptors (Lipinski definition) is 5. The third kappa shape index (κ3) is 2.03. The van der Waals surface area contributed by atoms with Gasteiger partial charge in [-0.15, -0.1) is 0 Å². The zero-order chi connectivity index (χ0) is 7.61. The standard InChI is InChI=1S/C3H4N2O4S/c4-10(6,7)9-3-1-2-8-5-3/h1-2H,(H2,4,6,7). The Morgan fingerprint density at radius 3 is 2.80 bits per heavy atom. The molecule has 0 fully saturated rings. The summed E-state index contributed by atoms with van der Waals surface area (Å²) >= 11 is 0. The molecule has 2 N–H and O–H groups in total. The smallest absolute Gasteiger partial charge is 0.361 e. The van der Waals surface area contributed by atoms with Crippen LogP contribution in [-0.2, 0) is 10.3 Å². The van der Waals surface area contributed by atoms with Crippen LogP contribution < -0.4 is 9.32 Å². The van der Waals surface area contributed by atoms with Gasteiger partial charge in [0.05, 0.1) is 0 Å². The predicted molar refractivity (Wildman–Crippen MR) is 30.2 cm³/mol. The Labute approximate surface area is 56.8 Å². The molecule has 6 nitrogen and oxygen atoms in total. The van der Waals surface area contributed by atoms with Crippen molar-refractivity contribution >= 4 is 10.3 Å². The second-order valence-electron chi connectivity index (χ2n) is 1.41. The maximum absolute atomic E-state index is 10.2. The molecule has 0 spiro atoms. The highest BCUT2D eigenvalue weighted by molar-refractivity contribution is 7.84. The van der Waals surface area contributed by atoms with Crippen LogP contribution in [0.3, 0.4) is 0 Å². The molecule has 0 atom stereocenters. The van der Waals surface area contributed by atoms with Crippen molar-refractivity contribution in [3.05, 3.63) is 12.3 Å². The number of hydrogen-bond donors (Lipinski definition) is 1. The number of nitrogens with two attached hydrogens (primary N) is 1. The summed E-state index contributed by atoms with van der Waals surface area (Å²) in [5.74, 6) is -0.178. The van der Waals surface area contributed by atoms with Crippen LogP contribution in [0.4, 0.5) is 0 Å². The van der Waals surface area contributed by atoms with Crippen molar-refractivity contribution in [3.8, 4) is 5.88 Å². The van der Waals surface area contributed by atoms with Gasteiger partial charge in [-0.1, -0.05) is 0 Å². The highest BCUT2D eigenvalue weighted by atomic mass is 32.2. The topological polar surface area (TPSA) is 95.4 Å². The molecule has 1 heterocycles. The molecular weight excluding hydrogens is 160 g/mol. The predicted octanol–water partition coefficient (Wildman–Crippen LogP) is -0.743. The van der Waals surface area contributed by atoms with Gasteiger partial charge < -0.3 is 8.71 Å². The summed E-state index contributed by atoms with van der Waals surface area (Å²) < 4.78 is 28.7. The monoisotopic (exact) mass is 164 g/mol. The molecule has 0 amide bonds. The van der Waals surface area contributed by atoms with Crippen LogP contribution in [0.2, 0.25) is 0 Å². The largest absolute Gasteiger partial charge is 0.381 e. The maximum Gasteiger partial charge on any atom is 0.381 e. The summed E-state index contributed by atoms with van der Waals surface area (Å²) in [4.78, 5) is 0. The summed E-state index contributed by atoms with van der Waals surface area (Å²) in [6, 6.07) is 1.23. The number of nitrogens with zero attached hydrogens (tertiary/aromatic N) is 1. The third-order valence-corrected chi connectivity index (χ3v) is 1.02. The molecule has 1 aromatic heterocycles. The Balaban J connectivity index is 2.75. The molecule has 56 valence electrons. The lowest BCUT2D eigenvalue weighted by molar-refractivity contribution is 0.383. The Bertz CT molecular complexity index is 288. The van der Waals surface area contributed by atoms with Crippen molar-refractivity contribution in [2.45, 2.75) is 0 Å². The van der Waals surface area contributed by atoms with Crippen molar-refractivity contribution < 1.29 is 17.1 Å². The van der Waals surface area contributed by atoms with Crippen LogP contribution in [0, 0.1) is 0 Å². The summed E-state index contributed by atoms with van der Waals surface area (Å²) in [5.41, 5.74) is 0. The van der Waals surface area contributed by atoms with Crippen LogP contribution in [-0.4, -0.2) is 13.6 Å². The van der Waals surface area contributed by atoms with E-state index in [2.05, 4.69) is 19.0 Å². The Hall–Kier alpha value is -1.08. The molecule has 0 aliphatic carbocycles. The van der Waals surface area contributed by atoms with E-state index < -0.39 is 10.3 Å². The normalized spacial score (nSPS) is 11.3. The van der Waals surface area contributed by atoms with Gasteiger partial charge in [0.25, 0.3) is 5.88 Å². The van der Waals surface area contributed by atoms with E-state index in [1.807, 2.05) is 0 Å². The van der Waals surface area contributed by atoms with Crippen LogP contribution in [0.1, 0.15) is 0 Å². The van der Waals surface area contributed by atoms with E-state index in [1.165, 1.54) is 12.3 Å². The first-order valence-corrected chi connectivity index (χ1v) is 3.68. The zero-order valence-electron chi connectivity index (χ0n) is 4.72. The maximum atomic E-state index is 10.2. The molecule has 1 aromatic rings. The Morgan fingerprint density at radius 1 is 1.70 bits per heavy atom. The lowest BCUT2D eigenvalue weighted by Gasteiger charge is -1.92. The van der Waals surface area contributed by atoms with Gasteiger partial charge in [0.2, 0.25) is 0 Å². The van der Waals surface area contributed by atoms with E-state index in [0.29, 0.717) is 0 Å². The SMILES string of the molecule is NS(=O)(=O)Oc1ccon1. The van der Waals surface area contributed by atoms with E-state index in [0.717, 1.165) is 0 Å². The van der Waals surface area contributed by atoms with E-state index in [-0.39, 0.29) is 5.88 Å². The van der Waals surface area contributed by atoms with E-state index in [4.69, 9.17) is 0 Å². The molecule has 0 saturated heterocycles. The Kier molecular flexibility index (Phi) is 1.60. The number of aromatic nitrogens is 1. The van der Waals surface area contributed by atoms with Gasteiger partial charge in [-0.25, -0.2) is 0 Å². The van der Waals surface area contributed by atoms with Gasteiger partial charge in [-0.05, 0) is 5.16 Å². The van der Waals surface area contributed by atoms with Gasteiger partial charge in [-0.2, -0.15) is 13.6 Å². The van der Waals surface area contributed by atoms with E-state index in [1.54, 1.807) is 0 Å². The minimum Gasteiger partial charge on any atom is -0.361 e. The lowest BCUT2D eigenvalue weighted by Crippen LogP contribution is -2.18. The van der Waals surface area contributed by atoms with Gasteiger partial charge >= 0.3 is 10.3 Å². The molecular formula is C3H4N2O4S. The fourth-order valence-electron chi connectivity index (χ4n) is 0.363. The average molecular weight is 164 g/mol. The van der Waals surface area contributed by atoms with Crippen molar-refractivity contribution in [2.24, 2.45) is 5.14 Å². The first kappa shape index (κ1) is 7.03. The highest BCUT2D eigenvalue weighted by Gasteiger charge is 2.05.